The molecule has 1 aromatic carbocycles. The van der Waals surface area contributed by atoms with Crippen LogP contribution in [0, 0.1) is 12.7 Å². The summed E-state index contributed by atoms with van der Waals surface area (Å²) in [5.74, 6) is -0.970. The second-order valence-corrected chi connectivity index (χ2v) is 6.12. The van der Waals surface area contributed by atoms with E-state index in [-0.39, 0.29) is 18.1 Å². The van der Waals surface area contributed by atoms with Crippen molar-refractivity contribution in [3.63, 3.8) is 0 Å². The summed E-state index contributed by atoms with van der Waals surface area (Å²) in [6, 6.07) is 7.35. The van der Waals surface area contributed by atoms with Crippen LogP contribution in [0.1, 0.15) is 21.8 Å². The third-order valence-electron chi connectivity index (χ3n) is 3.33. The van der Waals surface area contributed by atoms with Crippen LogP contribution in [0.5, 0.6) is 0 Å². The second kappa shape index (κ2) is 7.27. The van der Waals surface area contributed by atoms with E-state index in [1.165, 1.54) is 29.7 Å². The second-order valence-electron chi connectivity index (χ2n) is 5.26. The molecule has 2 N–H and O–H groups in total. The first-order chi connectivity index (χ1) is 12.0. The third-order valence-corrected chi connectivity index (χ3v) is 4.14. The molecule has 0 aliphatic heterocycles. The number of aromatic nitrogens is 1. The maximum absolute atomic E-state index is 13.3. The Bertz CT molecular complexity index is 906. The minimum absolute atomic E-state index is 0.0169. The number of carbonyl (C=O) groups is 2. The van der Waals surface area contributed by atoms with Crippen molar-refractivity contribution in [2.24, 2.45) is 0 Å². The number of hydrogen-bond donors (Lipinski definition) is 2. The van der Waals surface area contributed by atoms with E-state index in [1.54, 1.807) is 30.5 Å². The van der Waals surface area contributed by atoms with Gasteiger partial charge in [-0.1, -0.05) is 6.07 Å². The molecule has 0 saturated heterocycles. The summed E-state index contributed by atoms with van der Waals surface area (Å²) >= 11 is 1.20. The van der Waals surface area contributed by atoms with Crippen LogP contribution >= 0.6 is 11.3 Å². The molecule has 0 aliphatic carbocycles. The molecule has 0 fully saturated rings. The van der Waals surface area contributed by atoms with Gasteiger partial charge in [0.2, 0.25) is 5.91 Å². The number of rotatable bonds is 5. The van der Waals surface area contributed by atoms with E-state index in [1.807, 2.05) is 0 Å². The highest BCUT2D eigenvalue weighted by Gasteiger charge is 2.13. The molecule has 3 rings (SSSR count). The van der Waals surface area contributed by atoms with Gasteiger partial charge in [0.25, 0.3) is 5.91 Å². The van der Waals surface area contributed by atoms with Crippen molar-refractivity contribution in [1.82, 2.24) is 4.98 Å². The fourth-order valence-electron chi connectivity index (χ4n) is 2.10. The highest BCUT2D eigenvalue weighted by atomic mass is 32.1. The third kappa shape index (κ3) is 4.30. The minimum atomic E-state index is -0.419. The lowest BCUT2D eigenvalue weighted by Gasteiger charge is -2.07. The highest BCUT2D eigenvalue weighted by molar-refractivity contribution is 7.14. The van der Waals surface area contributed by atoms with Gasteiger partial charge in [0, 0.05) is 11.1 Å². The SMILES string of the molecule is Cc1ccc(F)cc1NC(=O)Cc1csc(NC(=O)c2ccco2)n1. The van der Waals surface area contributed by atoms with Gasteiger partial charge in [-0.25, -0.2) is 9.37 Å². The molecule has 0 spiro atoms. The van der Waals surface area contributed by atoms with Crippen molar-refractivity contribution in [1.29, 1.82) is 0 Å². The number of halogens is 1. The van der Waals surface area contributed by atoms with Gasteiger partial charge in [-0.15, -0.1) is 11.3 Å². The number of amides is 2. The first-order valence-corrected chi connectivity index (χ1v) is 8.24. The van der Waals surface area contributed by atoms with Gasteiger partial charge >= 0.3 is 0 Å². The lowest BCUT2D eigenvalue weighted by molar-refractivity contribution is -0.115. The van der Waals surface area contributed by atoms with Crippen LogP contribution in [0.3, 0.4) is 0 Å². The maximum Gasteiger partial charge on any atom is 0.293 e. The van der Waals surface area contributed by atoms with E-state index in [2.05, 4.69) is 15.6 Å². The zero-order valence-corrected chi connectivity index (χ0v) is 14.0. The number of furan rings is 1. The van der Waals surface area contributed by atoms with Gasteiger partial charge in [0.15, 0.2) is 10.9 Å². The molecule has 25 heavy (non-hydrogen) atoms. The molecule has 2 heterocycles. The lowest BCUT2D eigenvalue weighted by atomic mass is 10.2. The van der Waals surface area contributed by atoms with E-state index in [9.17, 15) is 14.0 Å². The van der Waals surface area contributed by atoms with Crippen LogP contribution in [0.15, 0.2) is 46.4 Å². The molecule has 0 atom stereocenters. The van der Waals surface area contributed by atoms with E-state index < -0.39 is 11.7 Å². The smallest absolute Gasteiger partial charge is 0.293 e. The summed E-state index contributed by atoms with van der Waals surface area (Å²) < 4.78 is 18.3. The molecule has 8 heteroatoms. The fourth-order valence-corrected chi connectivity index (χ4v) is 2.81. The average Bonchev–Trinajstić information content (AvgIpc) is 3.23. The molecular formula is C17H14FN3O3S. The van der Waals surface area contributed by atoms with Crippen molar-refractivity contribution in [3.8, 4) is 0 Å². The number of thiazole rings is 1. The summed E-state index contributed by atoms with van der Waals surface area (Å²) in [7, 11) is 0. The Kier molecular flexibility index (Phi) is 4.90. The number of anilines is 2. The predicted molar refractivity (Wildman–Crippen MR) is 92.2 cm³/mol. The zero-order chi connectivity index (χ0) is 17.8. The van der Waals surface area contributed by atoms with Crippen molar-refractivity contribution in [2.45, 2.75) is 13.3 Å². The Morgan fingerprint density at radius 1 is 1.28 bits per heavy atom. The predicted octanol–water partition coefficient (Wildman–Crippen LogP) is 3.62. The zero-order valence-electron chi connectivity index (χ0n) is 13.2. The average molecular weight is 359 g/mol. The Balaban J connectivity index is 1.60. The molecule has 2 aromatic heterocycles. The molecule has 0 unspecified atom stereocenters. The van der Waals surface area contributed by atoms with Crippen LogP contribution in [-0.4, -0.2) is 16.8 Å². The van der Waals surface area contributed by atoms with E-state index >= 15 is 0 Å². The highest BCUT2D eigenvalue weighted by Crippen LogP contribution is 2.19. The molecule has 128 valence electrons. The first-order valence-electron chi connectivity index (χ1n) is 7.36. The van der Waals surface area contributed by atoms with E-state index in [0.29, 0.717) is 16.5 Å². The van der Waals surface area contributed by atoms with Crippen molar-refractivity contribution >= 4 is 34.0 Å². The molecule has 3 aromatic rings. The summed E-state index contributed by atoms with van der Waals surface area (Å²) in [6.07, 6.45) is 1.42. The topological polar surface area (TPSA) is 84.2 Å². The van der Waals surface area contributed by atoms with Gasteiger partial charge in [-0.3, -0.25) is 14.9 Å². The lowest BCUT2D eigenvalue weighted by Crippen LogP contribution is -2.16. The number of nitrogens with one attached hydrogen (secondary N) is 2. The quantitative estimate of drug-likeness (QED) is 0.729. The molecule has 6 nitrogen and oxygen atoms in total. The van der Waals surface area contributed by atoms with E-state index in [4.69, 9.17) is 4.42 Å². The van der Waals surface area contributed by atoms with Crippen molar-refractivity contribution in [2.75, 3.05) is 10.6 Å². The van der Waals surface area contributed by atoms with E-state index in [0.717, 1.165) is 5.56 Å². The maximum atomic E-state index is 13.3. The number of carbonyl (C=O) groups excluding carboxylic acids is 2. The standard InChI is InChI=1S/C17H14FN3O3S/c1-10-4-5-11(18)7-13(10)20-15(22)8-12-9-25-17(19-12)21-16(23)14-3-2-6-24-14/h2-7,9H,8H2,1H3,(H,20,22)(H,19,21,23). The summed E-state index contributed by atoms with van der Waals surface area (Å²) in [5, 5.41) is 7.30. The summed E-state index contributed by atoms with van der Waals surface area (Å²) in [6.45, 7) is 1.78. The Morgan fingerprint density at radius 2 is 2.12 bits per heavy atom. The Hall–Kier alpha value is -3.00. The van der Waals surface area contributed by atoms with Crippen molar-refractivity contribution < 1.29 is 18.4 Å². The monoisotopic (exact) mass is 359 g/mol. The van der Waals surface area contributed by atoms with Crippen LogP contribution < -0.4 is 10.6 Å². The van der Waals surface area contributed by atoms with Crippen LogP contribution in [0.4, 0.5) is 15.2 Å². The summed E-state index contributed by atoms with van der Waals surface area (Å²) in [4.78, 5) is 28.1. The Labute approximate surface area is 146 Å². The normalized spacial score (nSPS) is 10.5. The molecule has 2 amide bonds. The van der Waals surface area contributed by atoms with Gasteiger partial charge < -0.3 is 9.73 Å². The van der Waals surface area contributed by atoms with Gasteiger partial charge in [0.1, 0.15) is 5.82 Å². The first kappa shape index (κ1) is 16.8. The number of hydrogen-bond acceptors (Lipinski definition) is 5. The fraction of sp³-hybridized carbons (Fsp3) is 0.118. The molecule has 0 aliphatic rings. The van der Waals surface area contributed by atoms with Crippen LogP contribution in [-0.2, 0) is 11.2 Å². The molecule has 0 bridgehead atoms. The van der Waals surface area contributed by atoms with Gasteiger partial charge in [-0.2, -0.15) is 0 Å². The Morgan fingerprint density at radius 3 is 2.88 bits per heavy atom. The van der Waals surface area contributed by atoms with Crippen molar-refractivity contribution in [3.05, 3.63) is 64.8 Å². The number of benzene rings is 1. The minimum Gasteiger partial charge on any atom is -0.459 e. The summed E-state index contributed by atoms with van der Waals surface area (Å²) in [5.41, 5.74) is 1.69. The van der Waals surface area contributed by atoms with Gasteiger partial charge in [0.05, 0.1) is 18.4 Å². The molecule has 0 radical (unpaired) electrons. The van der Waals surface area contributed by atoms with Crippen LogP contribution in [0.2, 0.25) is 0 Å². The molecular weight excluding hydrogens is 345 g/mol. The number of nitrogens with zero attached hydrogens (tertiary/aromatic N) is 1. The van der Waals surface area contributed by atoms with Gasteiger partial charge in [-0.05, 0) is 36.8 Å². The molecule has 0 saturated carbocycles. The van der Waals surface area contributed by atoms with Crippen LogP contribution in [0.25, 0.3) is 0 Å². The largest absolute Gasteiger partial charge is 0.459 e. The number of aryl methyl sites for hydroxylation is 1.